The second kappa shape index (κ2) is 4.32. The second-order valence-corrected chi connectivity index (χ2v) is 3.21. The van der Waals surface area contributed by atoms with Crippen molar-refractivity contribution in [2.45, 2.75) is 30.4 Å². The number of rotatable bonds is 3. The van der Waals surface area contributed by atoms with Crippen molar-refractivity contribution in [3.63, 3.8) is 0 Å². The fourth-order valence-electron chi connectivity index (χ4n) is 1.51. The van der Waals surface area contributed by atoms with Crippen molar-refractivity contribution < 1.29 is 25.5 Å². The van der Waals surface area contributed by atoms with Crippen LogP contribution in [0.3, 0.4) is 0 Å². The molecule has 1 saturated heterocycles. The molecule has 0 aromatic carbocycles. The maximum absolute atomic E-state index is 9.37. The first-order valence-electron chi connectivity index (χ1n) is 4.13. The van der Waals surface area contributed by atoms with E-state index in [-0.39, 0.29) is 6.61 Å². The van der Waals surface area contributed by atoms with Gasteiger partial charge in [0.15, 0.2) is 0 Å². The molecule has 0 spiro atoms. The monoisotopic (exact) mass is 193 g/mol. The van der Waals surface area contributed by atoms with Crippen LogP contribution in [0.15, 0.2) is 0 Å². The highest BCUT2D eigenvalue weighted by molar-refractivity contribution is 5.00. The van der Waals surface area contributed by atoms with Crippen molar-refractivity contribution in [2.24, 2.45) is 0 Å². The average Bonchev–Trinajstić information content (AvgIpc) is 2.43. The highest BCUT2D eigenvalue weighted by atomic mass is 16.3. The smallest absolute Gasteiger partial charge is 0.0994 e. The van der Waals surface area contributed by atoms with E-state index in [4.69, 9.17) is 10.2 Å². The van der Waals surface area contributed by atoms with Crippen molar-refractivity contribution in [2.75, 3.05) is 13.2 Å². The van der Waals surface area contributed by atoms with E-state index in [9.17, 15) is 15.3 Å². The first-order chi connectivity index (χ1) is 6.11. The number of aliphatic hydroxyl groups excluding tert-OH is 5. The Hall–Kier alpha value is -0.240. The third-order valence-electron chi connectivity index (χ3n) is 2.33. The lowest BCUT2D eigenvalue weighted by Gasteiger charge is -2.19. The second-order valence-electron chi connectivity index (χ2n) is 3.21. The third kappa shape index (κ3) is 1.98. The summed E-state index contributed by atoms with van der Waals surface area (Å²) in [6.45, 7) is -0.827. The summed E-state index contributed by atoms with van der Waals surface area (Å²) in [7, 11) is 0. The first kappa shape index (κ1) is 10.8. The summed E-state index contributed by atoms with van der Waals surface area (Å²) in [4.78, 5) is 0. The quantitative estimate of drug-likeness (QED) is 0.276. The predicted molar refractivity (Wildman–Crippen MR) is 42.9 cm³/mol. The number of nitrogens with one attached hydrogen (secondary N) is 1. The van der Waals surface area contributed by atoms with Crippen LogP contribution in [0.5, 0.6) is 0 Å². The molecule has 5 unspecified atom stereocenters. The Morgan fingerprint density at radius 1 is 1.15 bits per heavy atom. The van der Waals surface area contributed by atoms with Gasteiger partial charge in [0, 0.05) is 0 Å². The van der Waals surface area contributed by atoms with Crippen LogP contribution in [0.25, 0.3) is 0 Å². The molecule has 78 valence electrons. The topological polar surface area (TPSA) is 113 Å². The van der Waals surface area contributed by atoms with Gasteiger partial charge in [-0.1, -0.05) is 0 Å². The van der Waals surface area contributed by atoms with E-state index >= 15 is 0 Å². The number of hydrogen-bond donors (Lipinski definition) is 6. The minimum Gasteiger partial charge on any atom is -0.395 e. The summed E-state index contributed by atoms with van der Waals surface area (Å²) < 4.78 is 0. The summed E-state index contributed by atoms with van der Waals surface area (Å²) in [6.07, 6.45) is -3.42. The minimum absolute atomic E-state index is 0.327. The van der Waals surface area contributed by atoms with Crippen molar-refractivity contribution >= 4 is 0 Å². The van der Waals surface area contributed by atoms with E-state index in [1.807, 2.05) is 0 Å². The molecular weight excluding hydrogens is 178 g/mol. The molecule has 1 heterocycles. The van der Waals surface area contributed by atoms with E-state index in [0.717, 1.165) is 0 Å². The molecule has 6 nitrogen and oxygen atoms in total. The normalized spacial score (nSPS) is 42.2. The molecule has 1 aliphatic rings. The van der Waals surface area contributed by atoms with E-state index in [1.54, 1.807) is 0 Å². The fourth-order valence-corrected chi connectivity index (χ4v) is 1.51. The lowest BCUT2D eigenvalue weighted by atomic mass is 10.0. The molecule has 1 aliphatic heterocycles. The maximum Gasteiger partial charge on any atom is 0.0994 e. The zero-order chi connectivity index (χ0) is 10.0. The molecule has 0 aromatic heterocycles. The van der Waals surface area contributed by atoms with Gasteiger partial charge in [0.05, 0.1) is 43.6 Å². The van der Waals surface area contributed by atoms with E-state index in [0.29, 0.717) is 0 Å². The van der Waals surface area contributed by atoms with Crippen molar-refractivity contribution in [1.29, 1.82) is 0 Å². The van der Waals surface area contributed by atoms with Gasteiger partial charge in [0.1, 0.15) is 0 Å². The number of aliphatic hydroxyl groups is 5. The Labute approximate surface area is 75.4 Å². The van der Waals surface area contributed by atoms with Gasteiger partial charge < -0.3 is 30.8 Å². The van der Waals surface area contributed by atoms with Crippen LogP contribution < -0.4 is 5.32 Å². The highest BCUT2D eigenvalue weighted by Gasteiger charge is 2.43. The highest BCUT2D eigenvalue weighted by Crippen LogP contribution is 2.16. The standard InChI is InChI=1S/C7H15NO5/c9-1-3-6(12)7(13)5(8-3)4(11)2-10/h3-13H,1-2H2. The van der Waals surface area contributed by atoms with E-state index < -0.39 is 37.0 Å². The van der Waals surface area contributed by atoms with Gasteiger partial charge >= 0.3 is 0 Å². The van der Waals surface area contributed by atoms with E-state index in [2.05, 4.69) is 5.32 Å². The summed E-state index contributed by atoms with van der Waals surface area (Å²) in [6, 6.07) is -1.45. The molecule has 6 heteroatoms. The molecule has 1 rings (SSSR count). The molecular formula is C7H15NO5. The Morgan fingerprint density at radius 3 is 2.15 bits per heavy atom. The minimum atomic E-state index is -1.17. The molecule has 0 amide bonds. The van der Waals surface area contributed by atoms with Crippen molar-refractivity contribution in [3.05, 3.63) is 0 Å². The Balaban J connectivity index is 2.60. The zero-order valence-corrected chi connectivity index (χ0v) is 7.04. The first-order valence-corrected chi connectivity index (χ1v) is 4.13. The van der Waals surface area contributed by atoms with Crippen LogP contribution in [0.4, 0.5) is 0 Å². The van der Waals surface area contributed by atoms with Gasteiger partial charge in [-0.25, -0.2) is 0 Å². The van der Waals surface area contributed by atoms with Crippen LogP contribution in [-0.2, 0) is 0 Å². The molecule has 6 N–H and O–H groups in total. The van der Waals surface area contributed by atoms with Crippen LogP contribution in [0.2, 0.25) is 0 Å². The molecule has 13 heavy (non-hydrogen) atoms. The van der Waals surface area contributed by atoms with Gasteiger partial charge in [-0.05, 0) is 0 Å². The summed E-state index contributed by atoms with van der Waals surface area (Å²) >= 11 is 0. The largest absolute Gasteiger partial charge is 0.395 e. The molecule has 0 aliphatic carbocycles. The van der Waals surface area contributed by atoms with Gasteiger partial charge in [-0.2, -0.15) is 0 Å². The van der Waals surface area contributed by atoms with Crippen molar-refractivity contribution in [1.82, 2.24) is 5.32 Å². The lowest BCUT2D eigenvalue weighted by molar-refractivity contribution is -0.0150. The zero-order valence-electron chi connectivity index (χ0n) is 7.04. The van der Waals surface area contributed by atoms with Gasteiger partial charge in [-0.3, -0.25) is 0 Å². The van der Waals surface area contributed by atoms with Crippen LogP contribution in [0.1, 0.15) is 0 Å². The van der Waals surface area contributed by atoms with Gasteiger partial charge in [0.2, 0.25) is 0 Å². The van der Waals surface area contributed by atoms with Crippen molar-refractivity contribution in [3.8, 4) is 0 Å². The lowest BCUT2D eigenvalue weighted by Crippen LogP contribution is -2.45. The molecule has 1 fully saturated rings. The predicted octanol–water partition coefficient (Wildman–Crippen LogP) is -3.61. The maximum atomic E-state index is 9.37. The molecule has 0 aromatic rings. The molecule has 5 atom stereocenters. The van der Waals surface area contributed by atoms with Crippen LogP contribution >= 0.6 is 0 Å². The summed E-state index contributed by atoms with van der Waals surface area (Å²) in [5.41, 5.74) is 0. The Kier molecular flexibility index (Phi) is 3.60. The average molecular weight is 193 g/mol. The Bertz CT molecular complexity index is 167. The SMILES string of the molecule is OCC(O)C1NC(CO)C(O)C1O. The Morgan fingerprint density at radius 2 is 1.77 bits per heavy atom. The fraction of sp³-hybridized carbons (Fsp3) is 1.00. The van der Waals surface area contributed by atoms with Gasteiger partial charge in [-0.15, -0.1) is 0 Å². The third-order valence-corrected chi connectivity index (χ3v) is 2.33. The summed E-state index contributed by atoms with van der Waals surface area (Å²) in [5.74, 6) is 0. The van der Waals surface area contributed by atoms with E-state index in [1.165, 1.54) is 0 Å². The van der Waals surface area contributed by atoms with Crippen LogP contribution in [0, 0.1) is 0 Å². The van der Waals surface area contributed by atoms with Crippen LogP contribution in [-0.4, -0.2) is 69.1 Å². The number of hydrogen-bond acceptors (Lipinski definition) is 6. The molecule has 0 saturated carbocycles. The van der Waals surface area contributed by atoms with Gasteiger partial charge in [0.25, 0.3) is 0 Å². The molecule has 0 radical (unpaired) electrons. The molecule has 0 bridgehead atoms. The summed E-state index contributed by atoms with van der Waals surface area (Å²) in [5, 5.41) is 47.9.